The van der Waals surface area contributed by atoms with Gasteiger partial charge in [0.1, 0.15) is 0 Å². The number of nitro groups is 1. The van der Waals surface area contributed by atoms with Crippen molar-refractivity contribution in [2.24, 2.45) is 0 Å². The summed E-state index contributed by atoms with van der Waals surface area (Å²) in [4.78, 5) is 22.3. The molecule has 0 saturated heterocycles. The lowest BCUT2D eigenvalue weighted by Gasteiger charge is -2.12. The maximum absolute atomic E-state index is 12.2. The quantitative estimate of drug-likeness (QED) is 0.289. The number of hydrogen-bond acceptors (Lipinski definition) is 5. The van der Waals surface area contributed by atoms with Crippen molar-refractivity contribution in [3.8, 4) is 11.5 Å². The Kier molecular flexibility index (Phi) is 6.30. The van der Waals surface area contributed by atoms with Crippen LogP contribution in [0.25, 0.3) is 6.08 Å². The van der Waals surface area contributed by atoms with Crippen molar-refractivity contribution in [3.05, 3.63) is 68.2 Å². The number of non-ortho nitro benzene ring substituents is 1. The maximum atomic E-state index is 12.2. The van der Waals surface area contributed by atoms with E-state index in [4.69, 9.17) is 9.47 Å². The zero-order valence-electron chi connectivity index (χ0n) is 13.7. The van der Waals surface area contributed by atoms with Crippen LogP contribution < -0.4 is 9.47 Å². The van der Waals surface area contributed by atoms with Crippen molar-refractivity contribution in [2.75, 3.05) is 13.7 Å². The Morgan fingerprint density at radius 1 is 1.28 bits per heavy atom. The van der Waals surface area contributed by atoms with Crippen molar-refractivity contribution >= 4 is 33.5 Å². The van der Waals surface area contributed by atoms with Crippen molar-refractivity contribution in [1.29, 1.82) is 0 Å². The molecule has 0 bridgehead atoms. The van der Waals surface area contributed by atoms with Gasteiger partial charge in [-0.2, -0.15) is 0 Å². The molecule has 0 aromatic heterocycles. The second-order valence-corrected chi connectivity index (χ2v) is 5.82. The Morgan fingerprint density at radius 3 is 2.52 bits per heavy atom. The Labute approximate surface area is 153 Å². The molecule has 0 aliphatic carbocycles. The molecule has 6 nitrogen and oxygen atoms in total. The molecule has 2 aromatic carbocycles. The molecule has 0 N–H and O–H groups in total. The highest BCUT2D eigenvalue weighted by molar-refractivity contribution is 9.10. The van der Waals surface area contributed by atoms with E-state index in [1.165, 1.54) is 30.3 Å². The number of nitrogens with zero attached hydrogens (tertiary/aromatic N) is 1. The van der Waals surface area contributed by atoms with Gasteiger partial charge in [-0.15, -0.1) is 0 Å². The van der Waals surface area contributed by atoms with Crippen LogP contribution in [0.3, 0.4) is 0 Å². The van der Waals surface area contributed by atoms with E-state index >= 15 is 0 Å². The molecule has 0 amide bonds. The molecule has 0 saturated carbocycles. The number of ketones is 1. The van der Waals surface area contributed by atoms with Gasteiger partial charge in [-0.25, -0.2) is 0 Å². The molecule has 0 atom stereocenters. The van der Waals surface area contributed by atoms with Gasteiger partial charge in [-0.1, -0.05) is 6.08 Å². The molecule has 0 aliphatic rings. The Hall–Kier alpha value is -2.67. The zero-order chi connectivity index (χ0) is 18.4. The van der Waals surface area contributed by atoms with Crippen LogP contribution in [0.15, 0.2) is 46.9 Å². The summed E-state index contributed by atoms with van der Waals surface area (Å²) in [5.41, 5.74) is 1.08. The summed E-state index contributed by atoms with van der Waals surface area (Å²) in [6.07, 6.45) is 3.06. The number of ether oxygens (including phenoxy) is 2. The number of carbonyl (C=O) groups is 1. The lowest BCUT2D eigenvalue weighted by Crippen LogP contribution is -1.97. The summed E-state index contributed by atoms with van der Waals surface area (Å²) in [5, 5.41) is 10.6. The van der Waals surface area contributed by atoms with E-state index in [1.807, 2.05) is 6.92 Å². The fraction of sp³-hybridized carbons (Fsp3) is 0.167. The summed E-state index contributed by atoms with van der Waals surface area (Å²) in [5.74, 6) is 0.905. The molecular formula is C18H16BrNO5. The third-order valence-electron chi connectivity index (χ3n) is 3.33. The fourth-order valence-electron chi connectivity index (χ4n) is 2.16. The number of benzene rings is 2. The minimum Gasteiger partial charge on any atom is -0.492 e. The average molecular weight is 406 g/mol. The molecule has 0 spiro atoms. The first-order valence-corrected chi connectivity index (χ1v) is 8.22. The first kappa shape index (κ1) is 18.7. The van der Waals surface area contributed by atoms with E-state index in [-0.39, 0.29) is 11.5 Å². The third kappa shape index (κ3) is 4.67. The highest BCUT2D eigenvalue weighted by Gasteiger charge is 2.11. The first-order chi connectivity index (χ1) is 12.0. The molecule has 130 valence electrons. The predicted molar refractivity (Wildman–Crippen MR) is 98.3 cm³/mol. The minimum atomic E-state index is -0.506. The van der Waals surface area contributed by atoms with E-state index in [0.29, 0.717) is 28.1 Å². The molecular weight excluding hydrogens is 390 g/mol. The largest absolute Gasteiger partial charge is 0.492 e. The topological polar surface area (TPSA) is 78.7 Å². The summed E-state index contributed by atoms with van der Waals surface area (Å²) in [6, 6.07) is 9.05. The van der Waals surface area contributed by atoms with Crippen LogP contribution in [-0.4, -0.2) is 24.4 Å². The average Bonchev–Trinajstić information content (AvgIpc) is 2.60. The molecule has 2 aromatic rings. The summed E-state index contributed by atoms with van der Waals surface area (Å²) in [6.45, 7) is 2.35. The molecule has 2 rings (SSSR count). The number of rotatable bonds is 7. The smallest absolute Gasteiger partial charge is 0.269 e. The standard InChI is InChI=1S/C18H16BrNO5/c1-3-25-17-11-12(10-15(19)18(17)24-2)4-9-16(21)13-5-7-14(8-6-13)20(22)23/h4-11H,3H2,1-2H3. The number of halogens is 1. The Balaban J connectivity index is 2.23. The van der Waals surface area contributed by atoms with Crippen LogP contribution >= 0.6 is 15.9 Å². The number of carbonyl (C=O) groups excluding carboxylic acids is 1. The number of nitro benzene ring substituents is 1. The molecule has 0 radical (unpaired) electrons. The molecule has 7 heteroatoms. The molecule has 0 fully saturated rings. The second kappa shape index (κ2) is 8.43. The molecule has 0 heterocycles. The molecule has 25 heavy (non-hydrogen) atoms. The van der Waals surface area contributed by atoms with Crippen LogP contribution in [0.5, 0.6) is 11.5 Å². The van der Waals surface area contributed by atoms with E-state index in [1.54, 1.807) is 25.3 Å². The van der Waals surface area contributed by atoms with Crippen LogP contribution in [0.1, 0.15) is 22.8 Å². The SMILES string of the molecule is CCOc1cc(C=CC(=O)c2ccc([N+](=O)[O-])cc2)cc(Br)c1OC. The van der Waals surface area contributed by atoms with Crippen LogP contribution in [-0.2, 0) is 0 Å². The van der Waals surface area contributed by atoms with Gasteiger partial charge in [0.25, 0.3) is 5.69 Å². The molecule has 0 unspecified atom stereocenters. The van der Waals surface area contributed by atoms with Crippen molar-refractivity contribution in [2.45, 2.75) is 6.92 Å². The monoisotopic (exact) mass is 405 g/mol. The minimum absolute atomic E-state index is 0.0547. The van der Waals surface area contributed by atoms with E-state index in [0.717, 1.165) is 5.56 Å². The first-order valence-electron chi connectivity index (χ1n) is 7.43. The van der Waals surface area contributed by atoms with E-state index in [9.17, 15) is 14.9 Å². The van der Waals surface area contributed by atoms with Gasteiger partial charge in [0, 0.05) is 17.7 Å². The summed E-state index contributed by atoms with van der Waals surface area (Å²) in [7, 11) is 1.55. The number of hydrogen-bond donors (Lipinski definition) is 0. The summed E-state index contributed by atoms with van der Waals surface area (Å²) >= 11 is 3.41. The van der Waals surface area contributed by atoms with Gasteiger partial charge >= 0.3 is 0 Å². The van der Waals surface area contributed by atoms with Crippen LogP contribution in [0.4, 0.5) is 5.69 Å². The van der Waals surface area contributed by atoms with Crippen molar-refractivity contribution < 1.29 is 19.2 Å². The van der Waals surface area contributed by atoms with Gasteiger partial charge in [-0.3, -0.25) is 14.9 Å². The van der Waals surface area contributed by atoms with Gasteiger partial charge in [0.05, 0.1) is 23.1 Å². The van der Waals surface area contributed by atoms with Gasteiger partial charge in [-0.05, 0) is 58.8 Å². The van der Waals surface area contributed by atoms with E-state index < -0.39 is 4.92 Å². The van der Waals surface area contributed by atoms with Crippen LogP contribution in [0, 0.1) is 10.1 Å². The predicted octanol–water partition coefficient (Wildman–Crippen LogP) is 4.66. The number of methoxy groups -OCH3 is 1. The lowest BCUT2D eigenvalue weighted by molar-refractivity contribution is -0.384. The normalized spacial score (nSPS) is 10.7. The highest BCUT2D eigenvalue weighted by Crippen LogP contribution is 2.36. The fourth-order valence-corrected chi connectivity index (χ4v) is 2.78. The lowest BCUT2D eigenvalue weighted by atomic mass is 10.1. The molecule has 0 aliphatic heterocycles. The van der Waals surface area contributed by atoms with E-state index in [2.05, 4.69) is 15.9 Å². The van der Waals surface area contributed by atoms with Crippen LogP contribution in [0.2, 0.25) is 0 Å². The van der Waals surface area contributed by atoms with Gasteiger partial charge in [0.15, 0.2) is 17.3 Å². The number of allylic oxidation sites excluding steroid dienone is 1. The highest BCUT2D eigenvalue weighted by atomic mass is 79.9. The second-order valence-electron chi connectivity index (χ2n) is 4.97. The van der Waals surface area contributed by atoms with Gasteiger partial charge < -0.3 is 9.47 Å². The zero-order valence-corrected chi connectivity index (χ0v) is 15.3. The van der Waals surface area contributed by atoms with Gasteiger partial charge in [0.2, 0.25) is 0 Å². The van der Waals surface area contributed by atoms with Crippen molar-refractivity contribution in [3.63, 3.8) is 0 Å². The Bertz CT molecular complexity index is 815. The Morgan fingerprint density at radius 2 is 1.96 bits per heavy atom. The van der Waals surface area contributed by atoms with Crippen molar-refractivity contribution in [1.82, 2.24) is 0 Å². The summed E-state index contributed by atoms with van der Waals surface area (Å²) < 4.78 is 11.5. The maximum Gasteiger partial charge on any atom is 0.269 e. The third-order valence-corrected chi connectivity index (χ3v) is 3.91.